The van der Waals surface area contributed by atoms with Crippen molar-refractivity contribution in [3.05, 3.63) is 11.6 Å². The van der Waals surface area contributed by atoms with Crippen LogP contribution >= 0.6 is 0 Å². The van der Waals surface area contributed by atoms with Crippen LogP contribution in [0.4, 0.5) is 4.39 Å². The SMILES string of the molecule is C[C@]12CCC(=O)C=C1CC[C@H]1[C@@H]3C[C@@H](OCCOC4CCCCO4)[C@](O)(C(=O)CO)[C@@]3(C)C[C@H](O)C12F. The Kier molecular flexibility index (Phi) is 7.21. The van der Waals surface area contributed by atoms with Crippen LogP contribution in [0.25, 0.3) is 0 Å². The van der Waals surface area contributed by atoms with Crippen molar-refractivity contribution >= 4 is 11.6 Å². The van der Waals surface area contributed by atoms with E-state index in [0.29, 0.717) is 25.9 Å². The molecule has 37 heavy (non-hydrogen) atoms. The number of Topliss-reactive ketones (excluding diaryl/α,β-unsaturated/α-hetero) is 1. The third-order valence-corrected chi connectivity index (χ3v) is 10.6. The van der Waals surface area contributed by atoms with Crippen LogP contribution in [0.2, 0.25) is 0 Å². The number of ketones is 2. The van der Waals surface area contributed by atoms with Crippen LogP contribution in [0, 0.1) is 22.7 Å². The van der Waals surface area contributed by atoms with Crippen LogP contribution in [0.1, 0.15) is 71.6 Å². The number of aliphatic hydroxyl groups is 3. The Morgan fingerprint density at radius 1 is 1.16 bits per heavy atom. The summed E-state index contributed by atoms with van der Waals surface area (Å²) in [6, 6.07) is 0. The number of allylic oxidation sites excluding steroid dienone is 1. The quantitative estimate of drug-likeness (QED) is 0.434. The lowest BCUT2D eigenvalue weighted by molar-refractivity contribution is -0.233. The minimum atomic E-state index is -2.07. The molecule has 8 nitrogen and oxygen atoms in total. The van der Waals surface area contributed by atoms with E-state index in [-0.39, 0.29) is 44.5 Å². The second-order valence-electron chi connectivity index (χ2n) is 12.2. The zero-order valence-electron chi connectivity index (χ0n) is 21.9. The Morgan fingerprint density at radius 3 is 2.62 bits per heavy atom. The fourth-order valence-corrected chi connectivity index (χ4v) is 8.58. The number of carbonyl (C=O) groups excluding carboxylic acids is 2. The summed E-state index contributed by atoms with van der Waals surface area (Å²) < 4.78 is 34.7. The molecule has 4 fully saturated rings. The Bertz CT molecular complexity index is 948. The molecule has 3 saturated carbocycles. The van der Waals surface area contributed by atoms with Gasteiger partial charge < -0.3 is 29.5 Å². The maximum absolute atomic E-state index is 17.3. The van der Waals surface area contributed by atoms with Crippen LogP contribution in [0.3, 0.4) is 0 Å². The standard InChI is InChI=1S/C28H41FO8/c1-25-9-8-18(31)13-17(25)6-7-19-20-14-23(35-11-12-37-24-5-3-4-10-36-24)28(34,22(33)16-30)26(20,2)15-21(32)27(19,25)29/h13,19-21,23-24,30,32,34H,3-12,14-16H2,1-2H3/t19-,20-,21-,23+,24?,25-,26-,27?,28+/m0/s1. The highest BCUT2D eigenvalue weighted by molar-refractivity contribution is 5.92. The van der Waals surface area contributed by atoms with Gasteiger partial charge in [0, 0.05) is 29.8 Å². The van der Waals surface area contributed by atoms with Gasteiger partial charge in [0.2, 0.25) is 0 Å². The number of hydrogen-bond acceptors (Lipinski definition) is 8. The molecule has 0 bridgehead atoms. The first kappa shape index (κ1) is 27.3. The van der Waals surface area contributed by atoms with Gasteiger partial charge in [-0.1, -0.05) is 19.4 Å². The summed E-state index contributed by atoms with van der Waals surface area (Å²) in [5.74, 6) is -1.87. The van der Waals surface area contributed by atoms with Crippen LogP contribution in [0.5, 0.6) is 0 Å². The average molecular weight is 525 g/mol. The summed E-state index contributed by atoms with van der Waals surface area (Å²) in [5.41, 5.74) is -5.50. The molecule has 2 unspecified atom stereocenters. The number of rotatable bonds is 7. The number of alkyl halides is 1. The molecule has 5 rings (SSSR count). The minimum Gasteiger partial charge on any atom is -0.390 e. The van der Waals surface area contributed by atoms with Gasteiger partial charge in [-0.3, -0.25) is 9.59 Å². The van der Waals surface area contributed by atoms with E-state index in [1.807, 2.05) is 6.92 Å². The van der Waals surface area contributed by atoms with Gasteiger partial charge in [0.25, 0.3) is 0 Å². The molecular weight excluding hydrogens is 483 g/mol. The molecule has 3 N–H and O–H groups in total. The first-order chi connectivity index (χ1) is 17.5. The summed E-state index contributed by atoms with van der Waals surface area (Å²) in [6.45, 7) is 3.63. The molecule has 1 aliphatic heterocycles. The molecule has 5 aliphatic rings. The van der Waals surface area contributed by atoms with E-state index < -0.39 is 58.5 Å². The highest BCUT2D eigenvalue weighted by Gasteiger charge is 2.76. The third-order valence-electron chi connectivity index (χ3n) is 10.6. The number of ether oxygens (including phenoxy) is 3. The fraction of sp³-hybridized carbons (Fsp3) is 0.857. The Balaban J connectivity index is 1.41. The predicted octanol–water partition coefficient (Wildman–Crippen LogP) is 2.41. The molecule has 4 aliphatic carbocycles. The largest absolute Gasteiger partial charge is 0.390 e. The molecule has 0 spiro atoms. The topological polar surface area (TPSA) is 123 Å². The summed E-state index contributed by atoms with van der Waals surface area (Å²) in [6.07, 6.45) is 3.27. The van der Waals surface area contributed by atoms with E-state index in [9.17, 15) is 24.9 Å². The van der Waals surface area contributed by atoms with Crippen LogP contribution in [-0.4, -0.2) is 83.1 Å². The zero-order valence-corrected chi connectivity index (χ0v) is 21.9. The Labute approximate surface area is 217 Å². The maximum atomic E-state index is 17.3. The van der Waals surface area contributed by atoms with Crippen molar-refractivity contribution in [2.24, 2.45) is 22.7 Å². The average Bonchev–Trinajstić information content (AvgIpc) is 3.10. The van der Waals surface area contributed by atoms with E-state index in [0.717, 1.165) is 24.8 Å². The van der Waals surface area contributed by atoms with Gasteiger partial charge in [0.15, 0.2) is 23.5 Å². The van der Waals surface area contributed by atoms with Gasteiger partial charge in [0.1, 0.15) is 12.3 Å². The van der Waals surface area contributed by atoms with Crippen molar-refractivity contribution in [1.82, 2.24) is 0 Å². The zero-order chi connectivity index (χ0) is 26.6. The lowest BCUT2D eigenvalue weighted by Gasteiger charge is -2.63. The number of halogens is 1. The molecule has 0 amide bonds. The summed E-state index contributed by atoms with van der Waals surface area (Å²) in [5, 5.41) is 33.2. The molecule has 9 atom stereocenters. The van der Waals surface area contributed by atoms with E-state index >= 15 is 4.39 Å². The number of fused-ring (bicyclic) bond motifs is 5. The van der Waals surface area contributed by atoms with Gasteiger partial charge in [-0.2, -0.15) is 0 Å². The Morgan fingerprint density at radius 2 is 1.92 bits per heavy atom. The molecule has 208 valence electrons. The lowest BCUT2D eigenvalue weighted by atomic mass is 9.44. The molecule has 9 heteroatoms. The number of hydrogen-bond donors (Lipinski definition) is 3. The molecule has 0 aromatic carbocycles. The molecule has 0 aromatic rings. The van der Waals surface area contributed by atoms with E-state index in [1.54, 1.807) is 13.0 Å². The first-order valence-electron chi connectivity index (χ1n) is 13.8. The second-order valence-corrected chi connectivity index (χ2v) is 12.2. The van der Waals surface area contributed by atoms with Gasteiger partial charge in [0.05, 0.1) is 25.4 Å². The van der Waals surface area contributed by atoms with E-state index in [2.05, 4.69) is 0 Å². The van der Waals surface area contributed by atoms with Gasteiger partial charge >= 0.3 is 0 Å². The van der Waals surface area contributed by atoms with Gasteiger partial charge in [-0.25, -0.2) is 4.39 Å². The van der Waals surface area contributed by atoms with Crippen LogP contribution in [-0.2, 0) is 23.8 Å². The maximum Gasteiger partial charge on any atom is 0.192 e. The van der Waals surface area contributed by atoms with Gasteiger partial charge in [-0.05, 0) is 63.4 Å². The first-order valence-corrected chi connectivity index (χ1v) is 13.8. The third kappa shape index (κ3) is 3.91. The van der Waals surface area contributed by atoms with Crippen molar-refractivity contribution < 1.29 is 43.5 Å². The van der Waals surface area contributed by atoms with Crippen molar-refractivity contribution in [1.29, 1.82) is 0 Å². The van der Waals surface area contributed by atoms with Crippen molar-refractivity contribution in [3.63, 3.8) is 0 Å². The monoisotopic (exact) mass is 524 g/mol. The van der Waals surface area contributed by atoms with Crippen molar-refractivity contribution in [3.8, 4) is 0 Å². The molecule has 0 radical (unpaired) electrons. The smallest absolute Gasteiger partial charge is 0.192 e. The van der Waals surface area contributed by atoms with Gasteiger partial charge in [-0.15, -0.1) is 0 Å². The van der Waals surface area contributed by atoms with Crippen molar-refractivity contribution in [2.45, 2.75) is 101 Å². The number of aliphatic hydroxyl groups excluding tert-OH is 2. The minimum absolute atomic E-state index is 0.0113. The normalized spacial score (nSPS) is 47.6. The summed E-state index contributed by atoms with van der Waals surface area (Å²) >= 11 is 0. The highest BCUT2D eigenvalue weighted by atomic mass is 19.1. The summed E-state index contributed by atoms with van der Waals surface area (Å²) in [4.78, 5) is 25.2. The van der Waals surface area contributed by atoms with Crippen molar-refractivity contribution in [2.75, 3.05) is 26.4 Å². The van der Waals surface area contributed by atoms with Crippen LogP contribution in [0.15, 0.2) is 11.6 Å². The second kappa shape index (κ2) is 9.75. The lowest BCUT2D eigenvalue weighted by Crippen LogP contribution is -2.70. The van der Waals surface area contributed by atoms with Crippen LogP contribution < -0.4 is 0 Å². The van der Waals surface area contributed by atoms with E-state index in [1.165, 1.54) is 0 Å². The van der Waals surface area contributed by atoms with E-state index in [4.69, 9.17) is 14.2 Å². The summed E-state index contributed by atoms with van der Waals surface area (Å²) in [7, 11) is 0. The number of carbonyl (C=O) groups is 2. The molecule has 0 aromatic heterocycles. The predicted molar refractivity (Wildman–Crippen MR) is 130 cm³/mol. The molecule has 1 heterocycles. The Hall–Kier alpha value is -1.23. The molecule has 1 saturated heterocycles. The highest BCUT2D eigenvalue weighted by Crippen LogP contribution is 2.70. The molecular formula is C28H41FO8. The fourth-order valence-electron chi connectivity index (χ4n) is 8.58.